The number of nitrogens with zero attached hydrogens (tertiary/aromatic N) is 5. The van der Waals surface area contributed by atoms with Crippen LogP contribution in [0.1, 0.15) is 16.8 Å². The van der Waals surface area contributed by atoms with Crippen molar-refractivity contribution in [3.8, 4) is 5.75 Å². The van der Waals surface area contributed by atoms with Crippen LogP contribution in [0.3, 0.4) is 0 Å². The van der Waals surface area contributed by atoms with Crippen molar-refractivity contribution in [2.75, 3.05) is 5.32 Å². The van der Waals surface area contributed by atoms with Gasteiger partial charge in [-0.2, -0.15) is 0 Å². The van der Waals surface area contributed by atoms with Crippen LogP contribution in [0.2, 0.25) is 0 Å². The fraction of sp³-hybridized carbons (Fsp3) is 0.0400. The minimum absolute atomic E-state index is 0.117. The Kier molecular flexibility index (Phi) is 5.28. The van der Waals surface area contributed by atoms with Gasteiger partial charge in [0.25, 0.3) is 0 Å². The Hall–Kier alpha value is -4.52. The van der Waals surface area contributed by atoms with E-state index in [4.69, 9.17) is 0 Å². The van der Waals surface area contributed by atoms with E-state index >= 15 is 0 Å². The first kappa shape index (κ1) is 19.4. The molecule has 0 amide bonds. The number of fused-ring (bicyclic) bond motifs is 1. The quantitative estimate of drug-likeness (QED) is 0.407. The van der Waals surface area contributed by atoms with Crippen LogP contribution < -0.4 is 5.32 Å². The SMILES string of the molecule is Oc1cccnc1/C=C/c1cncnc1Nc1ccc2c(c1)ncn2Cc1ccccc1. The highest BCUT2D eigenvalue weighted by Gasteiger charge is 2.07. The van der Waals surface area contributed by atoms with E-state index in [0.717, 1.165) is 28.8 Å². The van der Waals surface area contributed by atoms with E-state index in [1.54, 1.807) is 30.6 Å². The molecule has 5 aromatic rings. The summed E-state index contributed by atoms with van der Waals surface area (Å²) in [5, 5.41) is 13.3. The van der Waals surface area contributed by atoms with Crippen LogP contribution in [-0.4, -0.2) is 29.6 Å². The molecule has 0 atom stereocenters. The summed E-state index contributed by atoms with van der Waals surface area (Å²) in [4.78, 5) is 17.2. The smallest absolute Gasteiger partial charge is 0.141 e. The van der Waals surface area contributed by atoms with Crippen molar-refractivity contribution in [3.63, 3.8) is 0 Å². The number of aromatic hydroxyl groups is 1. The Morgan fingerprint density at radius 3 is 2.72 bits per heavy atom. The van der Waals surface area contributed by atoms with Crippen LogP contribution in [0.5, 0.6) is 5.75 Å². The number of benzene rings is 2. The molecule has 0 saturated heterocycles. The minimum atomic E-state index is 0.117. The molecule has 0 fully saturated rings. The second-order valence-corrected chi connectivity index (χ2v) is 7.25. The van der Waals surface area contributed by atoms with Crippen LogP contribution in [0.25, 0.3) is 23.2 Å². The summed E-state index contributed by atoms with van der Waals surface area (Å²) in [5.74, 6) is 0.765. The van der Waals surface area contributed by atoms with Gasteiger partial charge in [-0.25, -0.2) is 15.0 Å². The summed E-state index contributed by atoms with van der Waals surface area (Å²) >= 11 is 0. The first-order valence-corrected chi connectivity index (χ1v) is 10.1. The van der Waals surface area contributed by atoms with E-state index < -0.39 is 0 Å². The van der Waals surface area contributed by atoms with Crippen molar-refractivity contribution in [2.24, 2.45) is 0 Å². The average Bonchev–Trinajstić information content (AvgIpc) is 3.22. The van der Waals surface area contributed by atoms with Gasteiger partial charge in [0.1, 0.15) is 23.6 Å². The molecule has 0 aliphatic heterocycles. The van der Waals surface area contributed by atoms with Crippen LogP contribution in [0.15, 0.2) is 85.7 Å². The predicted molar refractivity (Wildman–Crippen MR) is 125 cm³/mol. The lowest BCUT2D eigenvalue weighted by Crippen LogP contribution is -1.99. The van der Waals surface area contributed by atoms with Gasteiger partial charge in [-0.3, -0.25) is 4.98 Å². The average molecular weight is 420 g/mol. The number of rotatable bonds is 6. The third kappa shape index (κ3) is 4.17. The van der Waals surface area contributed by atoms with Crippen molar-refractivity contribution in [3.05, 3.63) is 103 Å². The molecule has 0 aliphatic rings. The number of anilines is 2. The zero-order chi connectivity index (χ0) is 21.8. The molecule has 0 aliphatic carbocycles. The van der Waals surface area contributed by atoms with Crippen LogP contribution in [0.4, 0.5) is 11.5 Å². The zero-order valence-electron chi connectivity index (χ0n) is 17.1. The van der Waals surface area contributed by atoms with E-state index in [9.17, 15) is 5.11 Å². The molecule has 0 unspecified atom stereocenters. The topological polar surface area (TPSA) is 88.8 Å². The number of hydrogen-bond acceptors (Lipinski definition) is 6. The molecular weight excluding hydrogens is 400 g/mol. The van der Waals surface area contributed by atoms with Gasteiger partial charge < -0.3 is 15.0 Å². The summed E-state index contributed by atoms with van der Waals surface area (Å²) in [5.41, 5.74) is 5.31. The summed E-state index contributed by atoms with van der Waals surface area (Å²) in [6.07, 6.45) is 10.2. The molecule has 0 bridgehead atoms. The molecule has 7 nitrogen and oxygen atoms in total. The van der Waals surface area contributed by atoms with Gasteiger partial charge in [0, 0.05) is 30.2 Å². The lowest BCUT2D eigenvalue weighted by Gasteiger charge is -2.09. The van der Waals surface area contributed by atoms with Gasteiger partial charge in [-0.1, -0.05) is 30.3 Å². The van der Waals surface area contributed by atoms with Crippen LogP contribution >= 0.6 is 0 Å². The largest absolute Gasteiger partial charge is 0.506 e. The van der Waals surface area contributed by atoms with Crippen molar-refractivity contribution < 1.29 is 5.11 Å². The Bertz CT molecular complexity index is 1390. The Labute approximate surface area is 184 Å². The summed E-state index contributed by atoms with van der Waals surface area (Å²) in [7, 11) is 0. The first-order chi connectivity index (χ1) is 15.8. The van der Waals surface area contributed by atoms with E-state index in [-0.39, 0.29) is 5.75 Å². The standard InChI is InChI=1S/C25H20N6O/c32-24-7-4-12-27-21(24)10-8-19-14-26-16-28-25(19)30-20-9-11-23-22(13-20)29-17-31(23)15-18-5-2-1-3-6-18/h1-14,16-17,32H,15H2,(H,26,28,30)/b10-8+. The van der Waals surface area contributed by atoms with Gasteiger partial charge in [-0.05, 0) is 48.0 Å². The molecule has 2 aromatic carbocycles. The third-order valence-electron chi connectivity index (χ3n) is 5.06. The highest BCUT2D eigenvalue weighted by molar-refractivity contribution is 5.82. The van der Waals surface area contributed by atoms with Crippen LogP contribution in [0, 0.1) is 0 Å². The number of aromatic nitrogens is 5. The fourth-order valence-corrected chi connectivity index (χ4v) is 3.46. The predicted octanol–water partition coefficient (Wildman–Crippen LogP) is 4.89. The lowest BCUT2D eigenvalue weighted by molar-refractivity contribution is 0.471. The summed E-state index contributed by atoms with van der Waals surface area (Å²) in [6, 6.07) is 19.6. The molecule has 3 heterocycles. The maximum atomic E-state index is 9.92. The lowest BCUT2D eigenvalue weighted by atomic mass is 10.2. The number of imidazole rings is 1. The van der Waals surface area contributed by atoms with E-state index in [1.807, 2.05) is 42.7 Å². The highest BCUT2D eigenvalue weighted by Crippen LogP contribution is 2.24. The van der Waals surface area contributed by atoms with E-state index in [0.29, 0.717) is 11.5 Å². The second-order valence-electron chi connectivity index (χ2n) is 7.25. The molecule has 0 radical (unpaired) electrons. The normalized spacial score (nSPS) is 11.2. The molecule has 0 spiro atoms. The van der Waals surface area contributed by atoms with E-state index in [2.05, 4.69) is 48.0 Å². The molecule has 7 heteroatoms. The second kappa shape index (κ2) is 8.69. The molecule has 32 heavy (non-hydrogen) atoms. The van der Waals surface area contributed by atoms with Crippen molar-refractivity contribution in [1.82, 2.24) is 24.5 Å². The van der Waals surface area contributed by atoms with Gasteiger partial charge in [0.15, 0.2) is 0 Å². The Morgan fingerprint density at radius 2 is 1.84 bits per heavy atom. The molecule has 3 aromatic heterocycles. The minimum Gasteiger partial charge on any atom is -0.506 e. The van der Waals surface area contributed by atoms with Gasteiger partial charge in [-0.15, -0.1) is 0 Å². The molecular formula is C25H20N6O. The number of hydrogen-bond donors (Lipinski definition) is 2. The van der Waals surface area contributed by atoms with Gasteiger partial charge in [0.2, 0.25) is 0 Å². The van der Waals surface area contributed by atoms with Gasteiger partial charge >= 0.3 is 0 Å². The summed E-state index contributed by atoms with van der Waals surface area (Å²) in [6.45, 7) is 0.769. The van der Waals surface area contributed by atoms with E-state index in [1.165, 1.54) is 11.9 Å². The van der Waals surface area contributed by atoms with Crippen molar-refractivity contribution in [2.45, 2.75) is 6.54 Å². The number of pyridine rings is 1. The fourth-order valence-electron chi connectivity index (χ4n) is 3.46. The van der Waals surface area contributed by atoms with Crippen LogP contribution in [-0.2, 0) is 6.54 Å². The zero-order valence-corrected chi connectivity index (χ0v) is 17.1. The molecule has 2 N–H and O–H groups in total. The maximum absolute atomic E-state index is 9.92. The number of nitrogens with one attached hydrogen (secondary N) is 1. The Balaban J connectivity index is 1.39. The Morgan fingerprint density at radius 1 is 0.938 bits per heavy atom. The highest BCUT2D eigenvalue weighted by atomic mass is 16.3. The monoisotopic (exact) mass is 420 g/mol. The van der Waals surface area contributed by atoms with Crippen molar-refractivity contribution >= 4 is 34.7 Å². The third-order valence-corrected chi connectivity index (χ3v) is 5.06. The molecule has 5 rings (SSSR count). The van der Waals surface area contributed by atoms with Crippen molar-refractivity contribution in [1.29, 1.82) is 0 Å². The maximum Gasteiger partial charge on any atom is 0.141 e. The first-order valence-electron chi connectivity index (χ1n) is 10.1. The molecule has 0 saturated carbocycles. The van der Waals surface area contributed by atoms with Gasteiger partial charge in [0.05, 0.1) is 17.4 Å². The molecule has 156 valence electrons. The summed E-state index contributed by atoms with van der Waals surface area (Å²) < 4.78 is 2.13.